The lowest BCUT2D eigenvalue weighted by Crippen LogP contribution is -2.37. The van der Waals surface area contributed by atoms with Crippen molar-refractivity contribution in [1.82, 2.24) is 4.90 Å². The summed E-state index contributed by atoms with van der Waals surface area (Å²) in [4.78, 5) is 14.1. The molecule has 1 aromatic heterocycles. The lowest BCUT2D eigenvalue weighted by atomic mass is 10.1. The third kappa shape index (κ3) is 3.88. The Hall–Kier alpha value is -0.390. The van der Waals surface area contributed by atoms with Gasteiger partial charge in [-0.15, -0.1) is 11.3 Å². The van der Waals surface area contributed by atoms with Crippen LogP contribution in [0.1, 0.15) is 24.6 Å². The molecule has 3 nitrogen and oxygen atoms in total. The first-order valence-electron chi connectivity index (χ1n) is 5.20. The van der Waals surface area contributed by atoms with E-state index in [-0.39, 0.29) is 6.04 Å². The van der Waals surface area contributed by atoms with Crippen LogP contribution in [0, 0.1) is 0 Å². The number of nitrogens with zero attached hydrogens (tertiary/aromatic N) is 1. The Labute approximate surface area is 108 Å². The Morgan fingerprint density at radius 2 is 2.38 bits per heavy atom. The highest BCUT2D eigenvalue weighted by molar-refractivity contribution is 9.10. The van der Waals surface area contributed by atoms with Gasteiger partial charge in [0.15, 0.2) is 0 Å². The molecular weight excluding hydrogens is 290 g/mol. The molecule has 1 aromatic rings. The van der Waals surface area contributed by atoms with E-state index >= 15 is 0 Å². The van der Waals surface area contributed by atoms with Crippen molar-refractivity contribution >= 4 is 33.2 Å². The minimum atomic E-state index is -0.736. The van der Waals surface area contributed by atoms with E-state index in [1.54, 1.807) is 11.3 Å². The van der Waals surface area contributed by atoms with E-state index in [1.165, 1.54) is 4.88 Å². The second kappa shape index (κ2) is 6.37. The summed E-state index contributed by atoms with van der Waals surface area (Å²) in [5.74, 6) is -0.736. The van der Waals surface area contributed by atoms with Crippen molar-refractivity contribution in [2.45, 2.75) is 32.4 Å². The topological polar surface area (TPSA) is 40.5 Å². The van der Waals surface area contributed by atoms with Crippen LogP contribution >= 0.6 is 27.3 Å². The zero-order valence-electron chi connectivity index (χ0n) is 9.44. The Bertz CT molecular complexity index is 354. The van der Waals surface area contributed by atoms with Crippen molar-refractivity contribution in [2.24, 2.45) is 0 Å². The number of halogens is 1. The zero-order chi connectivity index (χ0) is 12.1. The highest BCUT2D eigenvalue weighted by Crippen LogP contribution is 2.22. The zero-order valence-corrected chi connectivity index (χ0v) is 11.8. The molecule has 0 bridgehead atoms. The van der Waals surface area contributed by atoms with Crippen molar-refractivity contribution in [1.29, 1.82) is 0 Å². The molecule has 1 N–H and O–H groups in total. The number of aliphatic carboxylic acids is 1. The van der Waals surface area contributed by atoms with E-state index in [0.717, 1.165) is 10.9 Å². The summed E-state index contributed by atoms with van der Waals surface area (Å²) in [6, 6.07) is 1.65. The SMILES string of the molecule is CCCC(C(=O)O)N(C)Cc1cc(Br)cs1. The first kappa shape index (κ1) is 13.7. The Kier molecular flexibility index (Phi) is 5.44. The quantitative estimate of drug-likeness (QED) is 0.877. The number of thiophene rings is 1. The summed E-state index contributed by atoms with van der Waals surface area (Å²) in [6.07, 6.45) is 1.58. The van der Waals surface area contributed by atoms with Gasteiger partial charge < -0.3 is 5.11 Å². The van der Waals surface area contributed by atoms with Crippen LogP contribution in [0.3, 0.4) is 0 Å². The highest BCUT2D eigenvalue weighted by atomic mass is 79.9. The molecule has 0 spiro atoms. The van der Waals surface area contributed by atoms with E-state index in [0.29, 0.717) is 13.0 Å². The number of rotatable bonds is 6. The fraction of sp³-hybridized carbons (Fsp3) is 0.545. The average Bonchev–Trinajstić information content (AvgIpc) is 2.59. The summed E-state index contributed by atoms with van der Waals surface area (Å²) in [6.45, 7) is 2.69. The molecule has 1 heterocycles. The molecule has 1 atom stereocenters. The maximum atomic E-state index is 11.1. The molecule has 0 fully saturated rings. The molecule has 0 amide bonds. The van der Waals surface area contributed by atoms with Gasteiger partial charge in [0.25, 0.3) is 0 Å². The van der Waals surface area contributed by atoms with Crippen LogP contribution in [0.5, 0.6) is 0 Å². The van der Waals surface area contributed by atoms with Crippen LogP contribution in [-0.2, 0) is 11.3 Å². The van der Waals surface area contributed by atoms with E-state index in [2.05, 4.69) is 15.9 Å². The smallest absolute Gasteiger partial charge is 0.320 e. The molecule has 0 saturated carbocycles. The van der Waals surface area contributed by atoms with Crippen LogP contribution in [0.15, 0.2) is 15.9 Å². The fourth-order valence-corrected chi connectivity index (χ4v) is 3.11. The lowest BCUT2D eigenvalue weighted by molar-refractivity contribution is -0.143. The van der Waals surface area contributed by atoms with Crippen molar-refractivity contribution in [3.8, 4) is 0 Å². The number of carboxylic acid groups (broad SMARTS) is 1. The predicted molar refractivity (Wildman–Crippen MR) is 69.8 cm³/mol. The fourth-order valence-electron chi connectivity index (χ4n) is 1.60. The molecule has 5 heteroatoms. The van der Waals surface area contributed by atoms with Gasteiger partial charge in [0.05, 0.1) is 0 Å². The Balaban J connectivity index is 2.61. The first-order valence-corrected chi connectivity index (χ1v) is 6.87. The molecule has 0 aliphatic heterocycles. The molecule has 0 saturated heterocycles. The lowest BCUT2D eigenvalue weighted by Gasteiger charge is -2.23. The summed E-state index contributed by atoms with van der Waals surface area (Å²) < 4.78 is 1.06. The number of carboxylic acids is 1. The minimum absolute atomic E-state index is 0.383. The van der Waals surface area contributed by atoms with E-state index in [1.807, 2.05) is 30.3 Å². The van der Waals surface area contributed by atoms with Gasteiger partial charge in [0.1, 0.15) is 6.04 Å². The molecule has 0 radical (unpaired) electrons. The second-order valence-corrected chi connectivity index (χ2v) is 5.70. The Morgan fingerprint density at radius 1 is 1.69 bits per heavy atom. The minimum Gasteiger partial charge on any atom is -0.480 e. The number of hydrogen-bond donors (Lipinski definition) is 1. The summed E-state index contributed by atoms with van der Waals surface area (Å²) >= 11 is 5.04. The van der Waals surface area contributed by atoms with Crippen molar-refractivity contribution in [2.75, 3.05) is 7.05 Å². The maximum Gasteiger partial charge on any atom is 0.320 e. The standard InChI is InChI=1S/C11H16BrNO2S/c1-3-4-10(11(14)15)13(2)6-9-5-8(12)7-16-9/h5,7,10H,3-4,6H2,1-2H3,(H,14,15). The molecule has 16 heavy (non-hydrogen) atoms. The van der Waals surface area contributed by atoms with Gasteiger partial charge in [-0.05, 0) is 35.5 Å². The predicted octanol–water partition coefficient (Wildman–Crippen LogP) is 3.20. The maximum absolute atomic E-state index is 11.1. The van der Waals surface area contributed by atoms with Gasteiger partial charge >= 0.3 is 5.97 Å². The molecule has 0 aromatic carbocycles. The van der Waals surface area contributed by atoms with Crippen molar-refractivity contribution in [3.63, 3.8) is 0 Å². The third-order valence-corrected chi connectivity index (χ3v) is 4.09. The van der Waals surface area contributed by atoms with Gasteiger partial charge in [0, 0.05) is 21.3 Å². The third-order valence-electron chi connectivity index (χ3n) is 2.41. The largest absolute Gasteiger partial charge is 0.480 e. The molecule has 90 valence electrons. The highest BCUT2D eigenvalue weighted by Gasteiger charge is 2.21. The van der Waals surface area contributed by atoms with Gasteiger partial charge in [-0.1, -0.05) is 13.3 Å². The average molecular weight is 306 g/mol. The number of likely N-dealkylation sites (N-methyl/N-ethyl adjacent to an activating group) is 1. The monoisotopic (exact) mass is 305 g/mol. The normalized spacial score (nSPS) is 13.0. The first-order chi connectivity index (χ1) is 7.54. The van der Waals surface area contributed by atoms with Crippen LogP contribution in [0.4, 0.5) is 0 Å². The van der Waals surface area contributed by atoms with Gasteiger partial charge in [-0.2, -0.15) is 0 Å². The van der Waals surface area contributed by atoms with Gasteiger partial charge in [-0.3, -0.25) is 9.69 Å². The van der Waals surface area contributed by atoms with E-state index < -0.39 is 5.97 Å². The molecule has 0 aliphatic carbocycles. The summed E-state index contributed by atoms with van der Waals surface area (Å²) in [5.41, 5.74) is 0. The van der Waals surface area contributed by atoms with E-state index in [4.69, 9.17) is 5.11 Å². The molecule has 0 aliphatic rings. The van der Waals surface area contributed by atoms with E-state index in [9.17, 15) is 4.79 Å². The summed E-state index contributed by atoms with van der Waals surface area (Å²) in [5, 5.41) is 11.1. The molecule has 1 rings (SSSR count). The van der Waals surface area contributed by atoms with Crippen LogP contribution < -0.4 is 0 Å². The molecule has 1 unspecified atom stereocenters. The number of hydrogen-bond acceptors (Lipinski definition) is 3. The van der Waals surface area contributed by atoms with Crippen LogP contribution in [0.2, 0.25) is 0 Å². The van der Waals surface area contributed by atoms with Gasteiger partial charge in [-0.25, -0.2) is 0 Å². The summed E-state index contributed by atoms with van der Waals surface area (Å²) in [7, 11) is 1.86. The second-order valence-electron chi connectivity index (χ2n) is 3.79. The van der Waals surface area contributed by atoms with Crippen molar-refractivity contribution in [3.05, 3.63) is 20.8 Å². The number of carbonyl (C=O) groups is 1. The Morgan fingerprint density at radius 3 is 2.81 bits per heavy atom. The molecular formula is C11H16BrNO2S. The van der Waals surface area contributed by atoms with Gasteiger partial charge in [0.2, 0.25) is 0 Å². The van der Waals surface area contributed by atoms with Crippen LogP contribution in [0.25, 0.3) is 0 Å². The van der Waals surface area contributed by atoms with Crippen molar-refractivity contribution < 1.29 is 9.90 Å². The van der Waals surface area contributed by atoms with Crippen LogP contribution in [-0.4, -0.2) is 29.1 Å².